The largest absolute Gasteiger partial charge is 0.319 e. The summed E-state index contributed by atoms with van der Waals surface area (Å²) in [6.07, 6.45) is 0.674. The first-order valence-electron chi connectivity index (χ1n) is 3.97. The van der Waals surface area contributed by atoms with Gasteiger partial charge >= 0.3 is 0 Å². The van der Waals surface area contributed by atoms with Crippen LogP contribution in [-0.2, 0) is 6.42 Å². The van der Waals surface area contributed by atoms with Gasteiger partial charge in [-0.3, -0.25) is 9.97 Å². The Morgan fingerprint density at radius 3 is 2.62 bits per heavy atom. The molecule has 0 radical (unpaired) electrons. The van der Waals surface area contributed by atoms with E-state index in [2.05, 4.69) is 15.3 Å². The second-order valence-corrected chi connectivity index (χ2v) is 2.59. The zero-order chi connectivity index (χ0) is 9.68. The molecule has 13 heavy (non-hydrogen) atoms. The molecule has 0 spiro atoms. The molecular formula is C8H11F2N3. The van der Waals surface area contributed by atoms with Crippen molar-refractivity contribution in [3.05, 3.63) is 23.8 Å². The minimum absolute atomic E-state index is 0.270. The molecule has 0 fully saturated rings. The van der Waals surface area contributed by atoms with E-state index in [9.17, 15) is 8.78 Å². The maximum Gasteiger partial charge on any atom is 0.281 e. The zero-order valence-corrected chi connectivity index (χ0v) is 7.30. The van der Waals surface area contributed by atoms with Crippen molar-refractivity contribution in [2.24, 2.45) is 0 Å². The van der Waals surface area contributed by atoms with Crippen LogP contribution in [0.3, 0.4) is 0 Å². The number of aromatic nitrogens is 2. The first-order valence-corrected chi connectivity index (χ1v) is 3.97. The standard InChI is InChI=1S/C8H11F2N3/c1-11-3-2-6-4-13-7(5-12-6)8(9)10/h4-5,8,11H,2-3H2,1H3. The van der Waals surface area contributed by atoms with Gasteiger partial charge in [-0.2, -0.15) is 0 Å². The number of hydrogen-bond donors (Lipinski definition) is 1. The maximum absolute atomic E-state index is 12.0. The van der Waals surface area contributed by atoms with Crippen molar-refractivity contribution in [3.8, 4) is 0 Å². The predicted molar refractivity (Wildman–Crippen MR) is 44.6 cm³/mol. The Labute approximate surface area is 75.2 Å². The van der Waals surface area contributed by atoms with E-state index < -0.39 is 6.43 Å². The summed E-state index contributed by atoms with van der Waals surface area (Å²) in [4.78, 5) is 7.45. The van der Waals surface area contributed by atoms with Gasteiger partial charge in [0.2, 0.25) is 0 Å². The summed E-state index contributed by atoms with van der Waals surface area (Å²) in [5, 5.41) is 2.94. The minimum atomic E-state index is -2.54. The van der Waals surface area contributed by atoms with Crippen LogP contribution in [0, 0.1) is 0 Å². The van der Waals surface area contributed by atoms with Crippen molar-refractivity contribution < 1.29 is 8.78 Å². The van der Waals surface area contributed by atoms with Gasteiger partial charge in [-0.1, -0.05) is 0 Å². The molecule has 0 aliphatic heterocycles. The van der Waals surface area contributed by atoms with Crippen molar-refractivity contribution >= 4 is 0 Å². The van der Waals surface area contributed by atoms with Crippen LogP contribution < -0.4 is 5.32 Å². The van der Waals surface area contributed by atoms with Crippen LogP contribution in [0.4, 0.5) is 8.78 Å². The Bertz CT molecular complexity index is 248. The van der Waals surface area contributed by atoms with E-state index in [-0.39, 0.29) is 5.69 Å². The van der Waals surface area contributed by atoms with E-state index in [1.54, 1.807) is 0 Å². The number of nitrogens with one attached hydrogen (secondary N) is 1. The summed E-state index contributed by atoms with van der Waals surface area (Å²) in [5.41, 5.74) is 0.451. The van der Waals surface area contributed by atoms with E-state index >= 15 is 0 Å². The summed E-state index contributed by atoms with van der Waals surface area (Å²) in [5.74, 6) is 0. The number of nitrogens with zero attached hydrogens (tertiary/aromatic N) is 2. The molecule has 0 saturated heterocycles. The highest BCUT2D eigenvalue weighted by Crippen LogP contribution is 2.14. The van der Waals surface area contributed by atoms with Gasteiger partial charge in [0.05, 0.1) is 11.9 Å². The molecule has 0 unspecified atom stereocenters. The molecule has 0 saturated carbocycles. The molecule has 1 rings (SSSR count). The van der Waals surface area contributed by atoms with Crippen LogP contribution in [0.25, 0.3) is 0 Å². The van der Waals surface area contributed by atoms with Crippen molar-refractivity contribution in [1.82, 2.24) is 15.3 Å². The first kappa shape index (κ1) is 9.98. The Morgan fingerprint density at radius 2 is 2.15 bits per heavy atom. The molecule has 5 heteroatoms. The lowest BCUT2D eigenvalue weighted by Crippen LogP contribution is -2.11. The van der Waals surface area contributed by atoms with Crippen LogP contribution in [0.15, 0.2) is 12.4 Å². The second kappa shape index (κ2) is 4.81. The van der Waals surface area contributed by atoms with Gasteiger partial charge < -0.3 is 5.32 Å². The summed E-state index contributed by atoms with van der Waals surface area (Å²) in [6.45, 7) is 0.767. The molecule has 72 valence electrons. The van der Waals surface area contributed by atoms with E-state index in [1.807, 2.05) is 7.05 Å². The summed E-state index contributed by atoms with van der Waals surface area (Å²) < 4.78 is 24.1. The Morgan fingerprint density at radius 1 is 1.38 bits per heavy atom. The normalized spacial score (nSPS) is 10.8. The highest BCUT2D eigenvalue weighted by atomic mass is 19.3. The molecule has 0 aliphatic carbocycles. The Hall–Kier alpha value is -1.10. The van der Waals surface area contributed by atoms with Crippen LogP contribution in [0.2, 0.25) is 0 Å². The van der Waals surface area contributed by atoms with Gasteiger partial charge in [-0.05, 0) is 7.05 Å². The van der Waals surface area contributed by atoms with Crippen molar-refractivity contribution in [3.63, 3.8) is 0 Å². The SMILES string of the molecule is CNCCc1cnc(C(F)F)cn1. The summed E-state index contributed by atoms with van der Waals surface area (Å²) in [7, 11) is 1.82. The smallest absolute Gasteiger partial charge is 0.281 e. The van der Waals surface area contributed by atoms with Gasteiger partial charge in [-0.25, -0.2) is 8.78 Å². The van der Waals surface area contributed by atoms with Crippen LogP contribution in [0.1, 0.15) is 17.8 Å². The number of rotatable bonds is 4. The third-order valence-corrected chi connectivity index (χ3v) is 1.58. The Balaban J connectivity index is 2.59. The molecule has 0 atom stereocenters. The fourth-order valence-corrected chi connectivity index (χ4v) is 0.860. The minimum Gasteiger partial charge on any atom is -0.319 e. The molecular weight excluding hydrogens is 176 g/mol. The quantitative estimate of drug-likeness (QED) is 0.769. The van der Waals surface area contributed by atoms with Gasteiger partial charge in [-0.15, -0.1) is 0 Å². The molecule has 1 aromatic heterocycles. The lowest BCUT2D eigenvalue weighted by molar-refractivity contribution is 0.145. The lowest BCUT2D eigenvalue weighted by atomic mass is 10.3. The van der Waals surface area contributed by atoms with Crippen LogP contribution >= 0.6 is 0 Å². The van der Waals surface area contributed by atoms with Crippen molar-refractivity contribution in [1.29, 1.82) is 0 Å². The molecule has 0 bridgehead atoms. The van der Waals surface area contributed by atoms with E-state index in [1.165, 1.54) is 6.20 Å². The van der Waals surface area contributed by atoms with Gasteiger partial charge in [0.25, 0.3) is 6.43 Å². The van der Waals surface area contributed by atoms with Crippen molar-refractivity contribution in [2.75, 3.05) is 13.6 Å². The lowest BCUT2D eigenvalue weighted by Gasteiger charge is -2.00. The number of hydrogen-bond acceptors (Lipinski definition) is 3. The molecule has 0 aliphatic rings. The van der Waals surface area contributed by atoms with E-state index in [0.717, 1.165) is 18.4 Å². The fraction of sp³-hybridized carbons (Fsp3) is 0.500. The van der Waals surface area contributed by atoms with Gasteiger partial charge in [0.1, 0.15) is 5.69 Å². The molecule has 1 aromatic rings. The average molecular weight is 187 g/mol. The molecule has 1 N–H and O–H groups in total. The fourth-order valence-electron chi connectivity index (χ4n) is 0.860. The Kier molecular flexibility index (Phi) is 3.70. The molecule has 1 heterocycles. The highest BCUT2D eigenvalue weighted by Gasteiger charge is 2.08. The monoisotopic (exact) mass is 187 g/mol. The average Bonchev–Trinajstić information content (AvgIpc) is 2.15. The molecule has 3 nitrogen and oxygen atoms in total. The number of likely N-dealkylation sites (N-methyl/N-ethyl adjacent to an activating group) is 1. The van der Waals surface area contributed by atoms with E-state index in [0.29, 0.717) is 6.42 Å². The second-order valence-electron chi connectivity index (χ2n) is 2.59. The third-order valence-electron chi connectivity index (χ3n) is 1.58. The number of halogens is 2. The summed E-state index contributed by atoms with van der Waals surface area (Å²) in [6, 6.07) is 0. The maximum atomic E-state index is 12.0. The van der Waals surface area contributed by atoms with Crippen molar-refractivity contribution in [2.45, 2.75) is 12.8 Å². The van der Waals surface area contributed by atoms with Crippen LogP contribution in [-0.4, -0.2) is 23.6 Å². The third kappa shape index (κ3) is 3.02. The highest BCUT2D eigenvalue weighted by molar-refractivity contribution is 5.03. The molecule has 0 amide bonds. The summed E-state index contributed by atoms with van der Waals surface area (Å²) >= 11 is 0. The van der Waals surface area contributed by atoms with Gasteiger partial charge in [0.15, 0.2) is 0 Å². The van der Waals surface area contributed by atoms with E-state index in [4.69, 9.17) is 0 Å². The van der Waals surface area contributed by atoms with Crippen LogP contribution in [0.5, 0.6) is 0 Å². The number of alkyl halides is 2. The molecule has 0 aromatic carbocycles. The predicted octanol–water partition coefficient (Wildman–Crippen LogP) is 1.18. The topological polar surface area (TPSA) is 37.8 Å². The first-order chi connectivity index (χ1) is 6.24. The van der Waals surface area contributed by atoms with Gasteiger partial charge in [0, 0.05) is 19.2 Å². The zero-order valence-electron chi connectivity index (χ0n) is 7.30.